The summed E-state index contributed by atoms with van der Waals surface area (Å²) in [4.78, 5) is 27.8. The van der Waals surface area contributed by atoms with Gasteiger partial charge in [0.1, 0.15) is 17.4 Å². The van der Waals surface area contributed by atoms with Crippen LogP contribution in [-0.2, 0) is 10.4 Å². The normalized spacial score (nSPS) is 22.4. The number of alkyl halides is 3. The second-order valence-corrected chi connectivity index (χ2v) is 10.6. The molecule has 0 spiro atoms. The van der Waals surface area contributed by atoms with Crippen LogP contribution in [0, 0.1) is 17.6 Å². The van der Waals surface area contributed by atoms with Crippen molar-refractivity contribution < 1.29 is 41.4 Å². The molecule has 2 aliphatic rings. The first-order chi connectivity index (χ1) is 19.4. The molecule has 3 aromatic carbocycles. The highest BCUT2D eigenvalue weighted by Gasteiger charge is 2.52. The Hall–Kier alpha value is -3.70. The monoisotopic (exact) mass is 594 g/mol. The van der Waals surface area contributed by atoms with Crippen LogP contribution < -0.4 is 15.0 Å². The van der Waals surface area contributed by atoms with Crippen LogP contribution >= 0.6 is 11.6 Å². The van der Waals surface area contributed by atoms with E-state index in [4.69, 9.17) is 11.6 Å². The number of fused-ring (bicyclic) bond motifs is 1. The Morgan fingerprint density at radius 3 is 2.44 bits per heavy atom. The Morgan fingerprint density at radius 2 is 1.73 bits per heavy atom. The fraction of sp³-hybridized carbons (Fsp3) is 0.310. The Balaban J connectivity index is 1.27. The SMILES string of the molecule is O=C(NC1CCC(CN2C(=O)C(O)(c3cc(F)ccc3F)c3ccccc32)CC1)c1cc(Cl)ccc1OC(F)(F)F. The summed E-state index contributed by atoms with van der Waals surface area (Å²) in [6.45, 7) is 0.188. The van der Waals surface area contributed by atoms with Crippen LogP contribution in [0.2, 0.25) is 5.02 Å². The lowest BCUT2D eigenvalue weighted by Gasteiger charge is -2.32. The number of benzene rings is 3. The van der Waals surface area contributed by atoms with Crippen molar-refractivity contribution in [1.29, 1.82) is 0 Å². The van der Waals surface area contributed by atoms with E-state index in [2.05, 4.69) is 10.1 Å². The number of aliphatic hydroxyl groups is 1. The summed E-state index contributed by atoms with van der Waals surface area (Å²) >= 11 is 5.89. The van der Waals surface area contributed by atoms with Crippen molar-refractivity contribution in [2.45, 2.75) is 43.7 Å². The highest BCUT2D eigenvalue weighted by Crippen LogP contribution is 2.46. The number of amides is 2. The number of rotatable bonds is 6. The van der Waals surface area contributed by atoms with Gasteiger partial charge in [-0.15, -0.1) is 13.2 Å². The number of nitrogens with zero attached hydrogens (tertiary/aromatic N) is 1. The number of ether oxygens (including phenoxy) is 1. The van der Waals surface area contributed by atoms with Gasteiger partial charge < -0.3 is 20.1 Å². The predicted octanol–water partition coefficient (Wildman–Crippen LogP) is 6.09. The van der Waals surface area contributed by atoms with Crippen molar-refractivity contribution in [2.75, 3.05) is 11.4 Å². The Morgan fingerprint density at radius 1 is 1.02 bits per heavy atom. The number of para-hydroxylation sites is 1. The van der Waals surface area contributed by atoms with Crippen molar-refractivity contribution in [2.24, 2.45) is 5.92 Å². The number of carbonyl (C=O) groups is 2. The number of hydrogen-bond donors (Lipinski definition) is 2. The predicted molar refractivity (Wildman–Crippen MR) is 139 cm³/mol. The van der Waals surface area contributed by atoms with Crippen LogP contribution in [0.25, 0.3) is 0 Å². The van der Waals surface area contributed by atoms with E-state index < -0.39 is 46.7 Å². The Bertz CT molecular complexity index is 1490. The van der Waals surface area contributed by atoms with Crippen molar-refractivity contribution in [3.05, 3.63) is 94.0 Å². The topological polar surface area (TPSA) is 78.9 Å². The number of carbonyl (C=O) groups excluding carboxylic acids is 2. The molecule has 6 nitrogen and oxygen atoms in total. The van der Waals surface area contributed by atoms with E-state index in [-0.39, 0.29) is 34.7 Å². The molecule has 1 aliphatic carbocycles. The maximum atomic E-state index is 14.7. The molecule has 1 heterocycles. The molecule has 2 amide bonds. The summed E-state index contributed by atoms with van der Waals surface area (Å²) in [5, 5.41) is 14.3. The third-order valence-electron chi connectivity index (χ3n) is 7.49. The molecule has 12 heteroatoms. The summed E-state index contributed by atoms with van der Waals surface area (Å²) in [5.41, 5.74) is -2.69. The van der Waals surface area contributed by atoms with Crippen molar-refractivity contribution in [3.8, 4) is 5.75 Å². The first-order valence-electron chi connectivity index (χ1n) is 12.8. The first kappa shape index (κ1) is 28.8. The number of hydrogen-bond acceptors (Lipinski definition) is 4. The van der Waals surface area contributed by atoms with E-state index >= 15 is 0 Å². The van der Waals surface area contributed by atoms with Gasteiger partial charge in [-0.25, -0.2) is 8.78 Å². The molecule has 0 radical (unpaired) electrons. The van der Waals surface area contributed by atoms with Crippen molar-refractivity contribution in [1.82, 2.24) is 5.32 Å². The minimum absolute atomic E-state index is 0.0600. The van der Waals surface area contributed by atoms with Gasteiger partial charge in [0, 0.05) is 28.7 Å². The Kier molecular flexibility index (Phi) is 7.69. The maximum Gasteiger partial charge on any atom is 0.573 e. The van der Waals surface area contributed by atoms with E-state index in [1.54, 1.807) is 18.2 Å². The summed E-state index contributed by atoms with van der Waals surface area (Å²) in [7, 11) is 0. The average Bonchev–Trinajstić information content (AvgIpc) is 3.14. The molecule has 41 heavy (non-hydrogen) atoms. The fourth-order valence-electron chi connectivity index (χ4n) is 5.56. The van der Waals surface area contributed by atoms with Gasteiger partial charge in [0.2, 0.25) is 0 Å². The lowest BCUT2D eigenvalue weighted by atomic mass is 9.85. The lowest BCUT2D eigenvalue weighted by Crippen LogP contribution is -2.45. The van der Waals surface area contributed by atoms with E-state index in [0.29, 0.717) is 31.4 Å². The molecular weight excluding hydrogens is 571 g/mol. The fourth-order valence-corrected chi connectivity index (χ4v) is 5.73. The lowest BCUT2D eigenvalue weighted by molar-refractivity contribution is -0.274. The smallest absolute Gasteiger partial charge is 0.405 e. The van der Waals surface area contributed by atoms with Gasteiger partial charge in [0.05, 0.1) is 11.3 Å². The molecular formula is C29H24ClF5N2O4. The molecule has 1 unspecified atom stereocenters. The zero-order chi connectivity index (χ0) is 29.5. The summed E-state index contributed by atoms with van der Waals surface area (Å²) in [6, 6.07) is 11.9. The maximum absolute atomic E-state index is 14.7. The number of nitrogens with one attached hydrogen (secondary N) is 1. The standard InChI is InChI=1S/C29H24ClF5N2O4/c30-17-7-12-25(41-29(33,34)35)20(13-17)26(38)36-19-9-5-16(6-10-19)15-37-24-4-2-1-3-21(24)28(40,27(37)39)22-14-18(31)8-11-23(22)32/h1-4,7-8,11-14,16,19,40H,5-6,9-10,15H2,(H,36,38). The molecule has 216 valence electrons. The van der Waals surface area contributed by atoms with E-state index in [1.807, 2.05) is 0 Å². The quantitative estimate of drug-likeness (QED) is 0.339. The van der Waals surface area contributed by atoms with Crippen LogP contribution in [-0.4, -0.2) is 35.9 Å². The first-order valence-corrected chi connectivity index (χ1v) is 13.2. The van der Waals surface area contributed by atoms with E-state index in [1.165, 1.54) is 17.0 Å². The van der Waals surface area contributed by atoms with Crippen molar-refractivity contribution in [3.63, 3.8) is 0 Å². The molecule has 5 rings (SSSR count). The molecule has 0 saturated heterocycles. The second kappa shape index (κ2) is 10.9. The second-order valence-electron chi connectivity index (χ2n) is 10.1. The molecule has 1 saturated carbocycles. The highest BCUT2D eigenvalue weighted by atomic mass is 35.5. The van der Waals surface area contributed by atoms with Crippen LogP contribution in [0.15, 0.2) is 60.7 Å². The van der Waals surface area contributed by atoms with Crippen molar-refractivity contribution >= 4 is 29.1 Å². The summed E-state index contributed by atoms with van der Waals surface area (Å²) in [6.07, 6.45) is -2.95. The molecule has 1 aliphatic heterocycles. The van der Waals surface area contributed by atoms with E-state index in [9.17, 15) is 36.6 Å². The van der Waals surface area contributed by atoms with Gasteiger partial charge in [0.25, 0.3) is 11.8 Å². The third kappa shape index (κ3) is 5.73. The van der Waals surface area contributed by atoms with Gasteiger partial charge in [0.15, 0.2) is 5.60 Å². The summed E-state index contributed by atoms with van der Waals surface area (Å²) in [5.74, 6) is -4.00. The van der Waals surface area contributed by atoms with Crippen LogP contribution in [0.3, 0.4) is 0 Å². The minimum atomic E-state index is -4.99. The third-order valence-corrected chi connectivity index (χ3v) is 7.73. The van der Waals surface area contributed by atoms with Crippen LogP contribution in [0.4, 0.5) is 27.6 Å². The molecule has 0 aromatic heterocycles. The van der Waals surface area contributed by atoms with Gasteiger partial charge in [-0.1, -0.05) is 29.8 Å². The largest absolute Gasteiger partial charge is 0.573 e. The average molecular weight is 595 g/mol. The molecule has 0 bridgehead atoms. The summed E-state index contributed by atoms with van der Waals surface area (Å²) < 4.78 is 71.1. The van der Waals surface area contributed by atoms with Gasteiger partial charge in [-0.05, 0) is 74.1 Å². The van der Waals surface area contributed by atoms with Crippen LogP contribution in [0.5, 0.6) is 5.75 Å². The molecule has 1 atom stereocenters. The minimum Gasteiger partial charge on any atom is -0.405 e. The van der Waals surface area contributed by atoms with Gasteiger partial charge in [-0.3, -0.25) is 9.59 Å². The molecule has 2 N–H and O–H groups in total. The molecule has 1 fully saturated rings. The number of anilines is 1. The highest BCUT2D eigenvalue weighted by molar-refractivity contribution is 6.31. The van der Waals surface area contributed by atoms with Crippen LogP contribution in [0.1, 0.15) is 47.2 Å². The number of halogens is 6. The van der Waals surface area contributed by atoms with Gasteiger partial charge in [-0.2, -0.15) is 0 Å². The van der Waals surface area contributed by atoms with E-state index in [0.717, 1.165) is 30.3 Å². The zero-order valence-corrected chi connectivity index (χ0v) is 22.1. The Labute approximate surface area is 236 Å². The molecule has 3 aromatic rings. The zero-order valence-electron chi connectivity index (χ0n) is 21.4. The van der Waals surface area contributed by atoms with Gasteiger partial charge >= 0.3 is 6.36 Å².